The third kappa shape index (κ3) is 4.31. The highest BCUT2D eigenvalue weighted by Crippen LogP contribution is 2.39. The fourth-order valence-corrected chi connectivity index (χ4v) is 2.11. The van der Waals surface area contributed by atoms with Gasteiger partial charge in [-0.25, -0.2) is 4.79 Å². The molecule has 1 N–H and O–H groups in total. The molecule has 0 unspecified atom stereocenters. The zero-order valence-electron chi connectivity index (χ0n) is 13.5. The molecule has 0 atom stereocenters. The first-order valence-electron chi connectivity index (χ1n) is 7.76. The van der Waals surface area contributed by atoms with E-state index in [1.165, 1.54) is 0 Å². The van der Waals surface area contributed by atoms with Crippen molar-refractivity contribution in [2.24, 2.45) is 0 Å². The molecule has 0 bridgehead atoms. The highest BCUT2D eigenvalue weighted by Gasteiger charge is 2.24. The zero-order valence-corrected chi connectivity index (χ0v) is 13.5. The van der Waals surface area contributed by atoms with Crippen molar-refractivity contribution in [3.8, 4) is 11.5 Å². The van der Waals surface area contributed by atoms with Gasteiger partial charge in [0, 0.05) is 0 Å². The number of carbonyl (C=O) groups excluding carboxylic acids is 1. The molecule has 0 saturated carbocycles. The summed E-state index contributed by atoms with van der Waals surface area (Å²) in [5, 5.41) is 10.3. The topological polar surface area (TPSA) is 74.2 Å². The van der Waals surface area contributed by atoms with Gasteiger partial charge in [-0.05, 0) is 25.5 Å². The van der Waals surface area contributed by atoms with Gasteiger partial charge >= 0.3 is 5.97 Å². The molecule has 6 nitrogen and oxygen atoms in total. The first kappa shape index (κ1) is 17.0. The summed E-state index contributed by atoms with van der Waals surface area (Å²) < 4.78 is 21.4. The predicted molar refractivity (Wildman–Crippen MR) is 84.5 cm³/mol. The SMILES string of the molecule is CCCCOC1=C(O)c2cccc(OCC(=O)OCC)c2OC1. The van der Waals surface area contributed by atoms with Gasteiger partial charge in [-0.1, -0.05) is 19.4 Å². The summed E-state index contributed by atoms with van der Waals surface area (Å²) in [4.78, 5) is 11.4. The second-order valence-electron chi connectivity index (χ2n) is 4.99. The smallest absolute Gasteiger partial charge is 0.344 e. The molecule has 23 heavy (non-hydrogen) atoms. The molecular formula is C17H22O6. The Bertz CT molecular complexity index is 578. The van der Waals surface area contributed by atoms with Gasteiger partial charge in [0.15, 0.2) is 29.6 Å². The van der Waals surface area contributed by atoms with E-state index in [0.717, 1.165) is 12.8 Å². The number of hydrogen-bond acceptors (Lipinski definition) is 6. The van der Waals surface area contributed by atoms with Crippen LogP contribution in [0.4, 0.5) is 0 Å². The summed E-state index contributed by atoms with van der Waals surface area (Å²) in [6.45, 7) is 4.55. The molecular weight excluding hydrogens is 300 g/mol. The lowest BCUT2D eigenvalue weighted by Crippen LogP contribution is -2.18. The van der Waals surface area contributed by atoms with E-state index in [4.69, 9.17) is 18.9 Å². The molecule has 126 valence electrons. The van der Waals surface area contributed by atoms with Crippen molar-refractivity contribution >= 4 is 11.7 Å². The van der Waals surface area contributed by atoms with Crippen LogP contribution in [0.5, 0.6) is 11.5 Å². The summed E-state index contributed by atoms with van der Waals surface area (Å²) in [5.74, 6) is 0.786. The molecule has 0 fully saturated rings. The minimum absolute atomic E-state index is 0.0453. The first-order valence-corrected chi connectivity index (χ1v) is 7.76. The van der Waals surface area contributed by atoms with Crippen molar-refractivity contribution in [1.82, 2.24) is 0 Å². The quantitative estimate of drug-likeness (QED) is 0.586. The van der Waals surface area contributed by atoms with Crippen LogP contribution in [0.15, 0.2) is 24.0 Å². The van der Waals surface area contributed by atoms with Crippen LogP contribution in [-0.4, -0.2) is 37.5 Å². The Hall–Kier alpha value is -2.37. The number of aliphatic hydroxyl groups excluding tert-OH is 1. The molecule has 0 radical (unpaired) electrons. The summed E-state index contributed by atoms with van der Waals surface area (Å²) in [6.07, 6.45) is 1.92. The van der Waals surface area contributed by atoms with E-state index in [1.807, 2.05) is 0 Å². The van der Waals surface area contributed by atoms with Crippen molar-refractivity contribution < 1.29 is 28.8 Å². The van der Waals surface area contributed by atoms with E-state index in [-0.39, 0.29) is 19.0 Å². The van der Waals surface area contributed by atoms with Gasteiger partial charge in [-0.15, -0.1) is 0 Å². The molecule has 1 aliphatic rings. The Morgan fingerprint density at radius 2 is 2.13 bits per heavy atom. The maximum absolute atomic E-state index is 11.4. The van der Waals surface area contributed by atoms with Crippen molar-refractivity contribution in [3.05, 3.63) is 29.5 Å². The van der Waals surface area contributed by atoms with E-state index in [1.54, 1.807) is 25.1 Å². The Morgan fingerprint density at radius 1 is 1.30 bits per heavy atom. The van der Waals surface area contributed by atoms with Gasteiger partial charge in [0.05, 0.1) is 18.8 Å². The van der Waals surface area contributed by atoms with Gasteiger partial charge in [0.1, 0.15) is 6.61 Å². The average Bonchev–Trinajstić information content (AvgIpc) is 2.55. The molecule has 1 aromatic rings. The number of fused-ring (bicyclic) bond motifs is 1. The Kier molecular flexibility index (Phi) is 6.14. The van der Waals surface area contributed by atoms with Crippen LogP contribution in [0.1, 0.15) is 32.3 Å². The zero-order chi connectivity index (χ0) is 16.7. The van der Waals surface area contributed by atoms with Gasteiger partial charge < -0.3 is 24.1 Å². The Labute approximate surface area is 135 Å². The van der Waals surface area contributed by atoms with Crippen LogP contribution in [-0.2, 0) is 14.3 Å². The van der Waals surface area contributed by atoms with Gasteiger partial charge in [-0.2, -0.15) is 0 Å². The van der Waals surface area contributed by atoms with Crippen LogP contribution in [0.2, 0.25) is 0 Å². The largest absolute Gasteiger partial charge is 0.504 e. The molecule has 1 aliphatic heterocycles. The maximum Gasteiger partial charge on any atom is 0.344 e. The Balaban J connectivity index is 2.11. The van der Waals surface area contributed by atoms with Crippen molar-refractivity contribution in [3.63, 3.8) is 0 Å². The molecule has 1 heterocycles. The summed E-state index contributed by atoms with van der Waals surface area (Å²) in [6, 6.07) is 5.10. The first-order chi connectivity index (χ1) is 11.2. The third-order valence-electron chi connectivity index (χ3n) is 3.27. The fraction of sp³-hybridized carbons (Fsp3) is 0.471. The third-order valence-corrected chi connectivity index (χ3v) is 3.27. The number of esters is 1. The number of rotatable bonds is 8. The second-order valence-corrected chi connectivity index (χ2v) is 4.99. The standard InChI is InChI=1S/C17H22O6/c1-3-5-9-21-14-10-23-17-12(16(14)19)7-6-8-13(17)22-11-15(18)20-4-2/h6-8,19H,3-5,9-11H2,1-2H3. The molecule has 2 rings (SSSR count). The molecule has 0 spiro atoms. The number of hydrogen-bond donors (Lipinski definition) is 1. The summed E-state index contributed by atoms with van der Waals surface area (Å²) in [5.41, 5.74) is 0.490. The van der Waals surface area contributed by atoms with Crippen LogP contribution in [0.25, 0.3) is 5.76 Å². The molecule has 6 heteroatoms. The van der Waals surface area contributed by atoms with E-state index in [0.29, 0.717) is 36.0 Å². The predicted octanol–water partition coefficient (Wildman–Crippen LogP) is 3.06. The normalized spacial score (nSPS) is 13.1. The fourth-order valence-electron chi connectivity index (χ4n) is 2.11. The van der Waals surface area contributed by atoms with E-state index < -0.39 is 5.97 Å². The second kappa shape index (κ2) is 8.31. The number of aliphatic hydroxyl groups is 1. The molecule has 1 aromatic carbocycles. The van der Waals surface area contributed by atoms with Crippen molar-refractivity contribution in [2.75, 3.05) is 26.4 Å². The minimum Gasteiger partial charge on any atom is -0.504 e. The van der Waals surface area contributed by atoms with E-state index in [9.17, 15) is 9.90 Å². The average molecular weight is 322 g/mol. The van der Waals surface area contributed by atoms with Gasteiger partial charge in [0.2, 0.25) is 0 Å². The molecule has 0 aromatic heterocycles. The highest BCUT2D eigenvalue weighted by molar-refractivity contribution is 5.73. The molecule has 0 aliphatic carbocycles. The lowest BCUT2D eigenvalue weighted by atomic mass is 10.1. The minimum atomic E-state index is -0.454. The number of para-hydroxylation sites is 1. The number of ether oxygens (including phenoxy) is 4. The van der Waals surface area contributed by atoms with Crippen LogP contribution in [0, 0.1) is 0 Å². The van der Waals surface area contributed by atoms with E-state index >= 15 is 0 Å². The number of benzene rings is 1. The maximum atomic E-state index is 11.4. The monoisotopic (exact) mass is 322 g/mol. The van der Waals surface area contributed by atoms with Crippen LogP contribution >= 0.6 is 0 Å². The molecule has 0 saturated heterocycles. The summed E-state index contributed by atoms with van der Waals surface area (Å²) in [7, 11) is 0. The van der Waals surface area contributed by atoms with Gasteiger partial charge in [-0.3, -0.25) is 0 Å². The van der Waals surface area contributed by atoms with Crippen molar-refractivity contribution in [2.45, 2.75) is 26.7 Å². The van der Waals surface area contributed by atoms with Crippen LogP contribution < -0.4 is 9.47 Å². The van der Waals surface area contributed by atoms with Crippen molar-refractivity contribution in [1.29, 1.82) is 0 Å². The number of unbranched alkanes of at least 4 members (excludes halogenated alkanes) is 1. The molecule has 0 amide bonds. The van der Waals surface area contributed by atoms with E-state index in [2.05, 4.69) is 6.92 Å². The summed E-state index contributed by atoms with van der Waals surface area (Å²) >= 11 is 0. The lowest BCUT2D eigenvalue weighted by Gasteiger charge is -2.22. The van der Waals surface area contributed by atoms with Gasteiger partial charge in [0.25, 0.3) is 0 Å². The number of carbonyl (C=O) groups is 1. The van der Waals surface area contributed by atoms with Crippen LogP contribution in [0.3, 0.4) is 0 Å². The lowest BCUT2D eigenvalue weighted by molar-refractivity contribution is -0.145. The Morgan fingerprint density at radius 3 is 2.87 bits per heavy atom. The highest BCUT2D eigenvalue weighted by atomic mass is 16.6.